The van der Waals surface area contributed by atoms with E-state index in [0.717, 1.165) is 22.9 Å². The summed E-state index contributed by atoms with van der Waals surface area (Å²) in [7, 11) is 0. The third-order valence-electron chi connectivity index (χ3n) is 5.75. The summed E-state index contributed by atoms with van der Waals surface area (Å²) in [5.41, 5.74) is 3.37. The van der Waals surface area contributed by atoms with Gasteiger partial charge in [0.05, 0.1) is 0 Å². The van der Waals surface area contributed by atoms with E-state index in [1.54, 1.807) is 6.20 Å². The summed E-state index contributed by atoms with van der Waals surface area (Å²) >= 11 is 0. The van der Waals surface area contributed by atoms with Gasteiger partial charge in [0, 0.05) is 33.7 Å². The molecule has 5 rings (SSSR count). The van der Waals surface area contributed by atoms with Crippen molar-refractivity contribution in [2.45, 2.75) is 38.5 Å². The van der Waals surface area contributed by atoms with E-state index >= 15 is 0 Å². The van der Waals surface area contributed by atoms with Crippen molar-refractivity contribution in [1.29, 1.82) is 0 Å². The second-order valence-electron chi connectivity index (χ2n) is 8.10. The van der Waals surface area contributed by atoms with E-state index in [-0.39, 0.29) is 16.1 Å². The number of carbonyl (C=O) groups excluding carboxylic acids is 1. The van der Waals surface area contributed by atoms with Crippen molar-refractivity contribution >= 4 is 22.4 Å². The quantitative estimate of drug-likeness (QED) is 0.593. The van der Waals surface area contributed by atoms with E-state index in [2.05, 4.69) is 46.8 Å². The molecule has 1 amide bonds. The zero-order valence-corrected chi connectivity index (χ0v) is 17.0. The maximum atomic E-state index is 12.4. The second-order valence-corrected chi connectivity index (χ2v) is 8.10. The number of nitrogens with zero attached hydrogens (tertiary/aromatic N) is 1. The van der Waals surface area contributed by atoms with Crippen LogP contribution in [-0.2, 0) is 4.79 Å². The molecule has 2 unspecified atom stereocenters. The minimum atomic E-state index is 0. The normalized spacial score (nSPS) is 20.4. The number of benzene rings is 2. The first kappa shape index (κ1) is 19.6. The molecule has 4 nitrogen and oxygen atoms in total. The van der Waals surface area contributed by atoms with Crippen LogP contribution in [0.1, 0.15) is 47.0 Å². The van der Waals surface area contributed by atoms with E-state index < -0.39 is 0 Å². The number of piperidine rings is 1. The van der Waals surface area contributed by atoms with Gasteiger partial charge in [0.1, 0.15) is 0 Å². The van der Waals surface area contributed by atoms with Crippen molar-refractivity contribution in [3.63, 3.8) is 0 Å². The number of pyridine rings is 1. The lowest BCUT2D eigenvalue weighted by molar-refractivity contribution is -0.117. The van der Waals surface area contributed by atoms with E-state index in [1.807, 2.05) is 30.5 Å². The average Bonchev–Trinajstić information content (AvgIpc) is 3.57. The summed E-state index contributed by atoms with van der Waals surface area (Å²) in [5.74, 6) is 0.565. The van der Waals surface area contributed by atoms with Crippen LogP contribution in [0, 0.1) is 12.8 Å². The minimum absolute atomic E-state index is 0. The number of fused-ring (bicyclic) bond motifs is 1. The first-order chi connectivity index (χ1) is 14.2. The summed E-state index contributed by atoms with van der Waals surface area (Å²) in [5, 5.41) is 8.50. The predicted molar refractivity (Wildman–Crippen MR) is 125 cm³/mol. The van der Waals surface area contributed by atoms with Gasteiger partial charge in [-0.2, -0.15) is 0 Å². The summed E-state index contributed by atoms with van der Waals surface area (Å²) in [6.45, 7) is 4.58. The summed E-state index contributed by atoms with van der Waals surface area (Å²) < 4.78 is 0. The molecule has 0 spiro atoms. The van der Waals surface area contributed by atoms with Crippen LogP contribution >= 0.6 is 0 Å². The van der Waals surface area contributed by atoms with Crippen molar-refractivity contribution in [2.75, 3.05) is 18.4 Å². The molecule has 2 N–H and O–H groups in total. The van der Waals surface area contributed by atoms with E-state index in [1.165, 1.54) is 43.5 Å². The Morgan fingerprint density at radius 2 is 1.83 bits per heavy atom. The van der Waals surface area contributed by atoms with Crippen molar-refractivity contribution < 1.29 is 9.07 Å². The number of hydrogen-bond donors (Lipinski definition) is 2. The van der Waals surface area contributed by atoms with Crippen LogP contribution in [0.3, 0.4) is 0 Å². The molecule has 2 heterocycles. The van der Waals surface area contributed by atoms with Crippen LogP contribution in [0.25, 0.3) is 10.8 Å². The minimum Gasteiger partial charge on any atom is -0.326 e. The molecular weight excluding hydrogens is 358 g/mol. The van der Waals surface area contributed by atoms with E-state index in [4.69, 9.17) is 0 Å². The Bertz CT molecular complexity index is 966. The van der Waals surface area contributed by atoms with Gasteiger partial charge in [0.2, 0.25) is 5.91 Å². The van der Waals surface area contributed by atoms with Crippen molar-refractivity contribution in [3.05, 3.63) is 72.1 Å². The molecule has 1 saturated heterocycles. The Balaban J connectivity index is 0.000000499. The van der Waals surface area contributed by atoms with Gasteiger partial charge in [0.25, 0.3) is 0 Å². The number of aromatic nitrogens is 1. The number of nitrogens with one attached hydrogen (secondary N) is 2. The number of rotatable bonds is 3. The fraction of sp³-hybridized carbons (Fsp3) is 0.360. The van der Waals surface area contributed by atoms with Gasteiger partial charge in [-0.3, -0.25) is 9.78 Å². The fourth-order valence-corrected chi connectivity index (χ4v) is 3.86. The third kappa shape index (κ3) is 5.21. The van der Waals surface area contributed by atoms with Gasteiger partial charge in [0.15, 0.2) is 0 Å². The molecule has 2 fully saturated rings. The zero-order valence-electron chi connectivity index (χ0n) is 17.0. The molecule has 1 aromatic heterocycles. The molecule has 156 valence electrons. The molecule has 2 aromatic carbocycles. The molecule has 1 aliphatic carbocycles. The molecule has 4 heteroatoms. The smallest absolute Gasteiger partial charge is 0.228 e. The number of aryl methyl sites for hydroxylation is 1. The van der Waals surface area contributed by atoms with Gasteiger partial charge in [-0.15, -0.1) is 0 Å². The maximum absolute atomic E-state index is 12.4. The fourth-order valence-electron chi connectivity index (χ4n) is 3.86. The van der Waals surface area contributed by atoms with Crippen LogP contribution in [0.15, 0.2) is 60.9 Å². The highest BCUT2D eigenvalue weighted by Crippen LogP contribution is 2.48. The lowest BCUT2D eigenvalue weighted by Crippen LogP contribution is -2.21. The molecule has 0 radical (unpaired) electrons. The lowest BCUT2D eigenvalue weighted by atomic mass is 10.1. The Hall–Kier alpha value is -2.72. The molecule has 2 aliphatic rings. The van der Waals surface area contributed by atoms with Crippen molar-refractivity contribution in [2.24, 2.45) is 5.92 Å². The number of amides is 1. The van der Waals surface area contributed by atoms with Crippen molar-refractivity contribution in [3.8, 4) is 0 Å². The van der Waals surface area contributed by atoms with Crippen LogP contribution in [-0.4, -0.2) is 24.0 Å². The molecule has 1 aliphatic heterocycles. The Morgan fingerprint density at radius 3 is 2.52 bits per heavy atom. The summed E-state index contributed by atoms with van der Waals surface area (Å²) in [6, 6.07) is 16.4. The Morgan fingerprint density at radius 1 is 1.03 bits per heavy atom. The van der Waals surface area contributed by atoms with Gasteiger partial charge in [-0.25, -0.2) is 0 Å². The summed E-state index contributed by atoms with van der Waals surface area (Å²) in [4.78, 5) is 16.5. The SMILES string of the molecule is C1CCNCC1.Cc1ccc(C2CC2C(=O)Nc2ccc3cnccc3c2)cc1.[HH].[HH].[HH]. The lowest BCUT2D eigenvalue weighted by Gasteiger charge is -2.08. The predicted octanol–water partition coefficient (Wildman–Crippen LogP) is 5.78. The first-order valence-corrected chi connectivity index (χ1v) is 10.6. The maximum Gasteiger partial charge on any atom is 0.228 e. The largest absolute Gasteiger partial charge is 0.326 e. The molecule has 1 saturated carbocycles. The summed E-state index contributed by atoms with van der Waals surface area (Å²) in [6.07, 6.45) is 8.75. The molecule has 29 heavy (non-hydrogen) atoms. The number of hydrogen-bond acceptors (Lipinski definition) is 3. The highest BCUT2D eigenvalue weighted by atomic mass is 16.2. The van der Waals surface area contributed by atoms with E-state index in [0.29, 0.717) is 5.92 Å². The molecule has 2 atom stereocenters. The highest BCUT2D eigenvalue weighted by molar-refractivity contribution is 5.97. The number of anilines is 1. The zero-order chi connectivity index (χ0) is 20.1. The molecular formula is C25H35N3O. The Labute approximate surface area is 177 Å². The van der Waals surface area contributed by atoms with Gasteiger partial charge in [-0.1, -0.05) is 42.3 Å². The Kier molecular flexibility index (Phi) is 6.20. The van der Waals surface area contributed by atoms with Crippen LogP contribution in [0.5, 0.6) is 0 Å². The topological polar surface area (TPSA) is 54.0 Å². The second kappa shape index (κ2) is 9.19. The van der Waals surface area contributed by atoms with Crippen LogP contribution < -0.4 is 10.6 Å². The van der Waals surface area contributed by atoms with Gasteiger partial charge in [-0.05, 0) is 74.3 Å². The highest BCUT2D eigenvalue weighted by Gasteiger charge is 2.43. The number of carbonyl (C=O) groups is 1. The van der Waals surface area contributed by atoms with E-state index in [9.17, 15) is 4.79 Å². The monoisotopic (exact) mass is 393 g/mol. The average molecular weight is 394 g/mol. The molecule has 0 bridgehead atoms. The van der Waals surface area contributed by atoms with Crippen LogP contribution in [0.2, 0.25) is 0 Å². The van der Waals surface area contributed by atoms with Gasteiger partial charge >= 0.3 is 0 Å². The first-order valence-electron chi connectivity index (χ1n) is 10.6. The van der Waals surface area contributed by atoms with Crippen molar-refractivity contribution in [1.82, 2.24) is 10.3 Å². The van der Waals surface area contributed by atoms with Gasteiger partial charge < -0.3 is 10.6 Å². The standard InChI is InChI=1S/C20H18N2O.C5H11N.3H2/c1-13-2-4-14(5-3-13)18-11-19(18)20(23)22-17-7-6-16-12-21-9-8-15(16)10-17;1-2-4-6-5-3-1;;;/h2-10,12,18-19H,11H2,1H3,(H,22,23);6H,1-5H2;3*1H. The third-order valence-corrected chi connectivity index (χ3v) is 5.75. The molecule has 3 aromatic rings. The van der Waals surface area contributed by atoms with Crippen LogP contribution in [0.4, 0.5) is 5.69 Å².